The second-order valence-electron chi connectivity index (χ2n) is 1.66. The molecule has 0 saturated carbocycles. The average molecular weight is 142 g/mol. The molecule has 3 nitrogen and oxygen atoms in total. The summed E-state index contributed by atoms with van der Waals surface area (Å²) in [5.41, 5.74) is 6.68. The van der Waals surface area contributed by atoms with Crippen LogP contribution >= 0.6 is 11.5 Å². The van der Waals surface area contributed by atoms with E-state index in [0.717, 1.165) is 23.5 Å². The van der Waals surface area contributed by atoms with E-state index in [2.05, 4.69) is 4.37 Å². The minimum absolute atomic E-state index is 0.509. The Labute approximate surface area is 56.7 Å². The highest BCUT2D eigenvalue weighted by molar-refractivity contribution is 7.08. The third kappa shape index (κ3) is 0.929. The van der Waals surface area contributed by atoms with E-state index in [1.54, 1.807) is 6.92 Å². The van der Waals surface area contributed by atoms with Crippen molar-refractivity contribution < 1.29 is 4.79 Å². The van der Waals surface area contributed by atoms with Crippen LogP contribution in [0.3, 0.4) is 0 Å². The summed E-state index contributed by atoms with van der Waals surface area (Å²) in [6, 6.07) is 0. The summed E-state index contributed by atoms with van der Waals surface area (Å²) >= 11 is 1.13. The van der Waals surface area contributed by atoms with Crippen LogP contribution in [0.1, 0.15) is 15.4 Å². The van der Waals surface area contributed by atoms with Crippen molar-refractivity contribution in [2.45, 2.75) is 6.92 Å². The van der Waals surface area contributed by atoms with E-state index in [4.69, 9.17) is 5.73 Å². The van der Waals surface area contributed by atoms with E-state index >= 15 is 0 Å². The van der Waals surface area contributed by atoms with E-state index in [1.807, 2.05) is 0 Å². The van der Waals surface area contributed by atoms with Gasteiger partial charge in [-0.2, -0.15) is 4.37 Å². The van der Waals surface area contributed by atoms with Gasteiger partial charge in [0.1, 0.15) is 4.88 Å². The van der Waals surface area contributed by atoms with Gasteiger partial charge in [0.15, 0.2) is 6.29 Å². The Morgan fingerprint density at radius 3 is 2.67 bits per heavy atom. The summed E-state index contributed by atoms with van der Waals surface area (Å²) in [7, 11) is 0. The minimum Gasteiger partial charge on any atom is -0.396 e. The van der Waals surface area contributed by atoms with E-state index in [9.17, 15) is 4.79 Å². The van der Waals surface area contributed by atoms with Crippen LogP contribution in [0.5, 0.6) is 0 Å². The van der Waals surface area contributed by atoms with Crippen LogP contribution in [0.25, 0.3) is 0 Å². The van der Waals surface area contributed by atoms with Crippen LogP contribution in [0.4, 0.5) is 5.69 Å². The Hall–Kier alpha value is -0.900. The Bertz CT molecular complexity index is 231. The number of carbonyl (C=O) groups excluding carboxylic acids is 1. The molecular formula is C5H6N2OS. The van der Waals surface area contributed by atoms with Crippen molar-refractivity contribution in [3.63, 3.8) is 0 Å². The van der Waals surface area contributed by atoms with Crippen molar-refractivity contribution in [2.24, 2.45) is 0 Å². The summed E-state index contributed by atoms with van der Waals surface area (Å²) in [5.74, 6) is 0. The first-order valence-corrected chi connectivity index (χ1v) is 3.20. The smallest absolute Gasteiger partial charge is 0.163 e. The Kier molecular flexibility index (Phi) is 1.48. The molecule has 0 aliphatic carbocycles. The first-order valence-electron chi connectivity index (χ1n) is 2.42. The van der Waals surface area contributed by atoms with Gasteiger partial charge in [0.05, 0.1) is 11.4 Å². The predicted octanol–water partition coefficient (Wildman–Crippen LogP) is 0.846. The SMILES string of the molecule is Cc1nsc(C=O)c1N. The molecule has 2 N–H and O–H groups in total. The van der Waals surface area contributed by atoms with E-state index in [0.29, 0.717) is 10.6 Å². The number of aromatic nitrogens is 1. The number of aldehydes is 1. The third-order valence-corrected chi connectivity index (χ3v) is 1.92. The van der Waals surface area contributed by atoms with Crippen LogP contribution in [0.15, 0.2) is 0 Å². The van der Waals surface area contributed by atoms with E-state index in [1.165, 1.54) is 0 Å². The minimum atomic E-state index is 0.509. The maximum absolute atomic E-state index is 10.1. The molecule has 1 rings (SSSR count). The van der Waals surface area contributed by atoms with Gasteiger partial charge in [0, 0.05) is 0 Å². The molecule has 1 aromatic heterocycles. The number of hydrogen-bond acceptors (Lipinski definition) is 4. The molecule has 1 heterocycles. The molecule has 0 atom stereocenters. The molecule has 0 unspecified atom stereocenters. The molecule has 0 saturated heterocycles. The summed E-state index contributed by atoms with van der Waals surface area (Å²) in [6.45, 7) is 1.78. The van der Waals surface area contributed by atoms with E-state index in [-0.39, 0.29) is 0 Å². The molecule has 0 amide bonds. The first kappa shape index (κ1) is 6.22. The van der Waals surface area contributed by atoms with Gasteiger partial charge in [-0.15, -0.1) is 0 Å². The van der Waals surface area contributed by atoms with Crippen LogP contribution in [0, 0.1) is 6.92 Å². The molecule has 0 aliphatic heterocycles. The van der Waals surface area contributed by atoms with Gasteiger partial charge in [-0.05, 0) is 18.5 Å². The molecule has 48 valence electrons. The molecule has 1 aromatic rings. The van der Waals surface area contributed by atoms with E-state index < -0.39 is 0 Å². The van der Waals surface area contributed by atoms with Crippen LogP contribution in [0.2, 0.25) is 0 Å². The largest absolute Gasteiger partial charge is 0.396 e. The fourth-order valence-corrected chi connectivity index (χ4v) is 1.10. The Morgan fingerprint density at radius 2 is 2.44 bits per heavy atom. The third-order valence-electron chi connectivity index (χ3n) is 1.04. The topological polar surface area (TPSA) is 56.0 Å². The summed E-state index contributed by atoms with van der Waals surface area (Å²) in [4.78, 5) is 10.7. The van der Waals surface area contributed by atoms with Crippen molar-refractivity contribution in [1.82, 2.24) is 4.37 Å². The zero-order valence-corrected chi connectivity index (χ0v) is 5.73. The Balaban J connectivity index is 3.18. The lowest BCUT2D eigenvalue weighted by Crippen LogP contribution is -1.88. The molecular weight excluding hydrogens is 136 g/mol. The quantitative estimate of drug-likeness (QED) is 0.591. The highest BCUT2D eigenvalue weighted by Crippen LogP contribution is 2.17. The number of aryl methyl sites for hydroxylation is 1. The number of anilines is 1. The number of carbonyl (C=O) groups is 1. The van der Waals surface area contributed by atoms with Crippen LogP contribution in [-0.4, -0.2) is 10.7 Å². The molecule has 0 aromatic carbocycles. The van der Waals surface area contributed by atoms with Crippen molar-refractivity contribution in [3.05, 3.63) is 10.6 Å². The molecule has 0 fully saturated rings. The molecule has 0 bridgehead atoms. The van der Waals surface area contributed by atoms with Crippen molar-refractivity contribution in [3.8, 4) is 0 Å². The molecule has 9 heavy (non-hydrogen) atoms. The van der Waals surface area contributed by atoms with Gasteiger partial charge >= 0.3 is 0 Å². The monoisotopic (exact) mass is 142 g/mol. The van der Waals surface area contributed by atoms with Crippen LogP contribution in [-0.2, 0) is 0 Å². The van der Waals surface area contributed by atoms with Gasteiger partial charge in [-0.25, -0.2) is 0 Å². The average Bonchev–Trinajstić information content (AvgIpc) is 2.15. The standard InChI is InChI=1S/C5H6N2OS/c1-3-5(6)4(2-8)9-7-3/h2H,6H2,1H3. The first-order chi connectivity index (χ1) is 4.25. The van der Waals surface area contributed by atoms with Gasteiger partial charge in [0.25, 0.3) is 0 Å². The summed E-state index contributed by atoms with van der Waals surface area (Å²) in [5, 5.41) is 0. The number of hydrogen-bond donors (Lipinski definition) is 1. The molecule has 0 radical (unpaired) electrons. The van der Waals surface area contributed by atoms with Crippen molar-refractivity contribution in [1.29, 1.82) is 0 Å². The maximum atomic E-state index is 10.1. The Morgan fingerprint density at radius 1 is 1.78 bits per heavy atom. The summed E-state index contributed by atoms with van der Waals surface area (Å²) < 4.78 is 3.87. The number of nitrogens with two attached hydrogens (primary N) is 1. The molecule has 0 spiro atoms. The van der Waals surface area contributed by atoms with Gasteiger partial charge in [-0.1, -0.05) is 0 Å². The second kappa shape index (κ2) is 2.14. The van der Waals surface area contributed by atoms with Gasteiger partial charge < -0.3 is 5.73 Å². The maximum Gasteiger partial charge on any atom is 0.163 e. The predicted molar refractivity (Wildman–Crippen MR) is 36.7 cm³/mol. The lowest BCUT2D eigenvalue weighted by molar-refractivity contribution is 0.112. The van der Waals surface area contributed by atoms with Crippen molar-refractivity contribution >= 4 is 23.5 Å². The van der Waals surface area contributed by atoms with Crippen LogP contribution < -0.4 is 5.73 Å². The van der Waals surface area contributed by atoms with Crippen molar-refractivity contribution in [2.75, 3.05) is 5.73 Å². The molecule has 0 aliphatic rings. The highest BCUT2D eigenvalue weighted by Gasteiger charge is 2.03. The van der Waals surface area contributed by atoms with Gasteiger partial charge in [-0.3, -0.25) is 4.79 Å². The zero-order chi connectivity index (χ0) is 6.85. The number of rotatable bonds is 1. The van der Waals surface area contributed by atoms with Gasteiger partial charge in [0.2, 0.25) is 0 Å². The second-order valence-corrected chi connectivity index (χ2v) is 2.47. The number of nitrogen functional groups attached to an aromatic ring is 1. The highest BCUT2D eigenvalue weighted by atomic mass is 32.1. The number of nitrogens with zero attached hydrogens (tertiary/aromatic N) is 1. The fraction of sp³-hybridized carbons (Fsp3) is 0.200. The lowest BCUT2D eigenvalue weighted by atomic mass is 10.3. The zero-order valence-electron chi connectivity index (χ0n) is 4.92. The summed E-state index contributed by atoms with van der Waals surface area (Å²) in [6.07, 6.45) is 0.722. The fourth-order valence-electron chi connectivity index (χ4n) is 0.479. The lowest BCUT2D eigenvalue weighted by Gasteiger charge is -1.84. The normalized spacial score (nSPS) is 9.44. The molecule has 4 heteroatoms.